The molecule has 0 saturated carbocycles. The third-order valence-corrected chi connectivity index (χ3v) is 9.73. The van der Waals surface area contributed by atoms with Gasteiger partial charge in [0.25, 0.3) is 0 Å². The van der Waals surface area contributed by atoms with Crippen molar-refractivity contribution >= 4 is 28.0 Å². The Hall–Kier alpha value is -5.79. The first kappa shape index (κ1) is 53.8. The summed E-state index contributed by atoms with van der Waals surface area (Å²) in [5.74, 6) is 0. The number of benzene rings is 4. The molecule has 1 aromatic heterocycles. The summed E-state index contributed by atoms with van der Waals surface area (Å²) in [6.07, 6.45) is -52.9. The van der Waals surface area contributed by atoms with Crippen LogP contribution in [0.4, 0.5) is 105 Å². The van der Waals surface area contributed by atoms with Crippen LogP contribution < -0.4 is 31.4 Å². The minimum Gasteiger partial charge on any atom is -0.271 e. The smallest absolute Gasteiger partial charge is 0.271 e. The highest BCUT2D eigenvalue weighted by Crippen LogP contribution is 2.41. The van der Waals surface area contributed by atoms with E-state index in [1.165, 1.54) is 0 Å². The molecule has 0 aliphatic carbocycles. The molecule has 0 aliphatic rings. The van der Waals surface area contributed by atoms with E-state index in [1.54, 1.807) is 4.73 Å². The Morgan fingerprint density at radius 2 is 0.567 bits per heavy atom. The first-order chi connectivity index (χ1) is 30.1. The van der Waals surface area contributed by atoms with Crippen molar-refractivity contribution in [2.75, 3.05) is 6.61 Å². The monoisotopic (exact) mass is 1000 g/mol. The molecule has 0 N–H and O–H groups in total. The minimum atomic E-state index is -6.13. The van der Waals surface area contributed by atoms with Crippen molar-refractivity contribution in [3.05, 3.63) is 147 Å². The van der Waals surface area contributed by atoms with Crippen LogP contribution in [0.5, 0.6) is 0 Å². The van der Waals surface area contributed by atoms with Gasteiger partial charge in [-0.25, -0.2) is 0 Å². The van der Waals surface area contributed by atoms with Crippen LogP contribution in [0.2, 0.25) is 0 Å². The topological polar surface area (TPSA) is 13.1 Å². The third kappa shape index (κ3) is 12.4. The van der Waals surface area contributed by atoms with E-state index in [0.29, 0.717) is 6.61 Å². The Bertz CT molecular complexity index is 2120. The van der Waals surface area contributed by atoms with Gasteiger partial charge in [0, 0.05) is 23.8 Å². The lowest BCUT2D eigenvalue weighted by Gasteiger charge is -2.46. The number of alkyl halides is 24. The fourth-order valence-corrected chi connectivity index (χ4v) is 6.87. The van der Waals surface area contributed by atoms with Gasteiger partial charge in [-0.3, -0.25) is 4.84 Å². The average molecular weight is 1000 g/mol. The predicted molar refractivity (Wildman–Crippen MR) is 189 cm³/mol. The Morgan fingerprint density at radius 3 is 0.731 bits per heavy atom. The lowest BCUT2D eigenvalue weighted by atomic mass is 9.12. The molecule has 0 radical (unpaired) electrons. The second-order valence-electron chi connectivity index (χ2n) is 14.3. The van der Waals surface area contributed by atoms with Crippen LogP contribution in [0.25, 0.3) is 0 Å². The molecular formula is C40H24BF24NO. The van der Waals surface area contributed by atoms with Crippen molar-refractivity contribution in [1.82, 2.24) is 0 Å². The Labute approximate surface area is 360 Å². The molecule has 0 aliphatic heterocycles. The molecule has 5 rings (SSSR count). The quantitative estimate of drug-likeness (QED) is 0.0939. The predicted octanol–water partition coefficient (Wildman–Crippen LogP) is 11.9. The zero-order chi connectivity index (χ0) is 51.3. The Kier molecular flexibility index (Phi) is 14.5. The molecule has 4 aromatic carbocycles. The minimum absolute atomic E-state index is 0.691. The number of hydrogen-bond acceptors (Lipinski definition) is 1. The first-order valence-electron chi connectivity index (χ1n) is 18.1. The molecule has 0 amide bonds. The van der Waals surface area contributed by atoms with Crippen LogP contribution in [0.3, 0.4) is 0 Å². The molecule has 1 heterocycles. The summed E-state index contributed by atoms with van der Waals surface area (Å²) in [5, 5.41) is 0. The molecule has 67 heavy (non-hydrogen) atoms. The molecule has 0 spiro atoms. The maximum Gasteiger partial charge on any atom is 0.416 e. The van der Waals surface area contributed by atoms with E-state index in [9.17, 15) is 105 Å². The van der Waals surface area contributed by atoms with E-state index < -0.39 is 195 Å². The van der Waals surface area contributed by atoms with Crippen LogP contribution in [-0.4, -0.2) is 12.8 Å². The van der Waals surface area contributed by atoms with E-state index in [-0.39, 0.29) is 0 Å². The van der Waals surface area contributed by atoms with Crippen LogP contribution in [-0.2, 0) is 49.4 Å². The Balaban J connectivity index is 0.000000865. The van der Waals surface area contributed by atoms with E-state index in [0.717, 1.165) is 5.69 Å². The van der Waals surface area contributed by atoms with Crippen molar-refractivity contribution in [2.45, 2.75) is 63.3 Å². The van der Waals surface area contributed by atoms with E-state index in [1.807, 2.05) is 38.2 Å². The summed E-state index contributed by atoms with van der Waals surface area (Å²) < 4.78 is 343. The van der Waals surface area contributed by atoms with Crippen LogP contribution in [0.1, 0.15) is 57.1 Å². The molecule has 2 nitrogen and oxygen atoms in total. The average Bonchev–Trinajstić information content (AvgIpc) is 3.16. The standard InChI is InChI=1S/C32H12BF24.C8H12NO/c34-25(35,36)13-1-14(26(37,38)39)6-21(5-13)33(22-7-15(27(40,41)42)2-16(8-22)28(43,44)45,23-9-17(29(46,47)48)3-18(10-23)30(49,50)51)24-11-19(31(52,53)54)4-20(12-24)32(55,56)57;1-3-10-9-7-5-4-6-8(9)2/h1-12H;4-7H,3H2,1-2H3/q-1;+1. The van der Waals surface area contributed by atoms with Crippen LogP contribution in [0, 0.1) is 6.92 Å². The highest BCUT2D eigenvalue weighted by Gasteiger charge is 2.47. The van der Waals surface area contributed by atoms with Gasteiger partial charge in [-0.1, -0.05) is 48.5 Å². The first-order valence-corrected chi connectivity index (χ1v) is 18.1. The van der Waals surface area contributed by atoms with Crippen LogP contribution in [0.15, 0.2) is 97.2 Å². The number of hydrogen-bond donors (Lipinski definition) is 0. The van der Waals surface area contributed by atoms with Crippen molar-refractivity contribution in [1.29, 1.82) is 0 Å². The van der Waals surface area contributed by atoms with Gasteiger partial charge in [-0.15, -0.1) is 0 Å². The summed E-state index contributed by atoms with van der Waals surface area (Å²) >= 11 is 0. The van der Waals surface area contributed by atoms with Crippen molar-refractivity contribution in [3.63, 3.8) is 0 Å². The Morgan fingerprint density at radius 1 is 0.358 bits per heavy atom. The maximum absolute atomic E-state index is 14.2. The molecule has 366 valence electrons. The highest BCUT2D eigenvalue weighted by atomic mass is 19.4. The van der Waals surface area contributed by atoms with Gasteiger partial charge >= 0.3 is 49.4 Å². The third-order valence-electron chi connectivity index (χ3n) is 9.73. The van der Waals surface area contributed by atoms with Crippen molar-refractivity contribution in [2.24, 2.45) is 0 Å². The molecule has 0 atom stereocenters. The summed E-state index contributed by atoms with van der Waals surface area (Å²) in [4.78, 5) is 5.25. The fraction of sp³-hybridized carbons (Fsp3) is 0.275. The zero-order valence-electron chi connectivity index (χ0n) is 32.9. The van der Waals surface area contributed by atoms with Gasteiger partial charge in [0.15, 0.2) is 6.61 Å². The molecular weight excluding hydrogens is 977 g/mol. The van der Waals surface area contributed by atoms with Crippen LogP contribution >= 0.6 is 0 Å². The number of halogens is 24. The van der Waals surface area contributed by atoms with Gasteiger partial charge < -0.3 is 0 Å². The number of rotatable bonds is 6. The molecule has 0 fully saturated rings. The number of nitrogens with zero attached hydrogens (tertiary/aromatic N) is 1. The van der Waals surface area contributed by atoms with E-state index >= 15 is 0 Å². The van der Waals surface area contributed by atoms with Gasteiger partial charge in [-0.2, -0.15) is 127 Å². The maximum atomic E-state index is 14.2. The summed E-state index contributed by atoms with van der Waals surface area (Å²) in [6.45, 7) is 4.69. The van der Waals surface area contributed by atoms with Crippen molar-refractivity contribution < 1.29 is 115 Å². The second kappa shape index (κ2) is 18.0. The molecule has 0 unspecified atom stereocenters. The fourth-order valence-electron chi connectivity index (χ4n) is 6.87. The molecule has 27 heteroatoms. The SMILES string of the molecule is CCO[n+]1ccccc1C.FC(F)(F)c1cc([B-](c2cc(C(F)(F)F)cc(C(F)(F)F)c2)(c2cc(C(F)(F)F)cc(C(F)(F)F)c2)c2cc(C(F)(F)F)cc(C(F)(F)F)c2)cc(C(F)(F)F)c1. The van der Waals surface area contributed by atoms with E-state index in [2.05, 4.69) is 0 Å². The normalized spacial score (nSPS) is 13.6. The number of aromatic nitrogens is 1. The summed E-state index contributed by atoms with van der Waals surface area (Å²) in [7, 11) is 0. The van der Waals surface area contributed by atoms with E-state index in [4.69, 9.17) is 4.84 Å². The van der Waals surface area contributed by atoms with Gasteiger partial charge in [0.2, 0.25) is 11.9 Å². The molecule has 0 bridgehead atoms. The van der Waals surface area contributed by atoms with Gasteiger partial charge in [0.1, 0.15) is 6.15 Å². The lowest BCUT2D eigenvalue weighted by Crippen LogP contribution is -2.75. The van der Waals surface area contributed by atoms with Crippen molar-refractivity contribution in [3.8, 4) is 0 Å². The number of aryl methyl sites for hydroxylation is 1. The second-order valence-corrected chi connectivity index (χ2v) is 14.3. The van der Waals surface area contributed by atoms with Gasteiger partial charge in [0.05, 0.1) is 44.5 Å². The summed E-state index contributed by atoms with van der Waals surface area (Å²) in [5.41, 5.74) is -29.1. The van der Waals surface area contributed by atoms with Gasteiger partial charge in [-0.05, 0) is 37.3 Å². The summed E-state index contributed by atoms with van der Waals surface area (Å²) in [6, 6.07) is -2.86. The molecule has 5 aromatic rings. The molecule has 0 saturated heterocycles. The number of pyridine rings is 1. The highest BCUT2D eigenvalue weighted by molar-refractivity contribution is 7.20. The zero-order valence-corrected chi connectivity index (χ0v) is 32.9. The lowest BCUT2D eigenvalue weighted by molar-refractivity contribution is -0.894. The largest absolute Gasteiger partial charge is 0.416 e.